The number of nitrogens with zero attached hydrogens (tertiary/aromatic N) is 2. The molecule has 0 aliphatic heterocycles. The fourth-order valence-corrected chi connectivity index (χ4v) is 5.70. The molecular formula is C30H35ClFN3O5S. The van der Waals surface area contributed by atoms with E-state index in [2.05, 4.69) is 5.32 Å². The number of sulfonamides is 1. The Morgan fingerprint density at radius 1 is 1.05 bits per heavy atom. The predicted molar refractivity (Wildman–Crippen MR) is 158 cm³/mol. The van der Waals surface area contributed by atoms with Gasteiger partial charge in [-0.25, -0.2) is 12.8 Å². The summed E-state index contributed by atoms with van der Waals surface area (Å²) in [6.45, 7) is 7.79. The predicted octanol–water partition coefficient (Wildman–Crippen LogP) is 5.32. The van der Waals surface area contributed by atoms with Crippen molar-refractivity contribution in [3.63, 3.8) is 0 Å². The number of hydrogen-bond donors (Lipinski definition) is 1. The second-order valence-corrected chi connectivity index (χ2v) is 12.9. The van der Waals surface area contributed by atoms with E-state index >= 15 is 0 Å². The van der Waals surface area contributed by atoms with E-state index in [1.54, 1.807) is 39.0 Å². The number of ether oxygens (including phenoxy) is 1. The number of aryl methyl sites for hydroxylation is 1. The van der Waals surface area contributed by atoms with Gasteiger partial charge in [0, 0.05) is 17.6 Å². The number of amides is 2. The fourth-order valence-electron chi connectivity index (χ4n) is 4.04. The topological polar surface area (TPSA) is 96.0 Å². The molecule has 8 nitrogen and oxygen atoms in total. The van der Waals surface area contributed by atoms with Crippen molar-refractivity contribution in [3.05, 3.63) is 88.7 Å². The molecule has 0 saturated heterocycles. The summed E-state index contributed by atoms with van der Waals surface area (Å²) in [5, 5.41) is 2.97. The Hall–Kier alpha value is -3.63. The molecule has 0 aromatic heterocycles. The molecule has 0 radical (unpaired) electrons. The smallest absolute Gasteiger partial charge is 0.264 e. The van der Waals surface area contributed by atoms with Crippen molar-refractivity contribution in [2.24, 2.45) is 0 Å². The van der Waals surface area contributed by atoms with Gasteiger partial charge in [-0.15, -0.1) is 0 Å². The zero-order valence-corrected chi connectivity index (χ0v) is 25.5. The third kappa shape index (κ3) is 7.98. The lowest BCUT2D eigenvalue weighted by Gasteiger charge is -2.33. The zero-order chi connectivity index (χ0) is 30.5. The molecule has 0 aliphatic rings. The van der Waals surface area contributed by atoms with Gasteiger partial charge in [-0.1, -0.05) is 47.5 Å². The van der Waals surface area contributed by atoms with Crippen molar-refractivity contribution in [2.75, 3.05) is 18.0 Å². The van der Waals surface area contributed by atoms with Crippen molar-refractivity contribution < 1.29 is 27.1 Å². The maximum absolute atomic E-state index is 14.7. The molecule has 0 spiro atoms. The summed E-state index contributed by atoms with van der Waals surface area (Å²) in [6.07, 6.45) is 0. The average Bonchev–Trinajstić information content (AvgIpc) is 2.90. The van der Waals surface area contributed by atoms with Crippen molar-refractivity contribution in [2.45, 2.75) is 57.6 Å². The second-order valence-electron chi connectivity index (χ2n) is 10.7. The van der Waals surface area contributed by atoms with Crippen LogP contribution in [0, 0.1) is 12.7 Å². The molecule has 1 unspecified atom stereocenters. The molecule has 1 N–H and O–H groups in total. The van der Waals surface area contributed by atoms with Crippen LogP contribution in [-0.4, -0.2) is 50.4 Å². The van der Waals surface area contributed by atoms with E-state index in [1.165, 1.54) is 67.5 Å². The van der Waals surface area contributed by atoms with E-state index in [4.69, 9.17) is 16.3 Å². The number of nitrogens with one attached hydrogen (secondary N) is 1. The first-order valence-electron chi connectivity index (χ1n) is 12.9. The molecule has 0 aliphatic carbocycles. The fraction of sp³-hybridized carbons (Fsp3) is 0.333. The van der Waals surface area contributed by atoms with Gasteiger partial charge >= 0.3 is 0 Å². The van der Waals surface area contributed by atoms with Crippen LogP contribution in [0.1, 0.15) is 38.8 Å². The number of hydrogen-bond acceptors (Lipinski definition) is 5. The maximum atomic E-state index is 14.7. The molecule has 2 amide bonds. The van der Waals surface area contributed by atoms with Crippen molar-refractivity contribution in [1.82, 2.24) is 10.2 Å². The first-order chi connectivity index (χ1) is 19.1. The van der Waals surface area contributed by atoms with Gasteiger partial charge in [-0.2, -0.15) is 0 Å². The molecule has 0 saturated carbocycles. The molecule has 3 rings (SSSR count). The normalized spacial score (nSPS) is 12.4. The lowest BCUT2D eigenvalue weighted by atomic mass is 10.1. The van der Waals surface area contributed by atoms with Crippen LogP contribution >= 0.6 is 11.6 Å². The highest BCUT2D eigenvalue weighted by Gasteiger charge is 2.34. The third-order valence-corrected chi connectivity index (χ3v) is 8.36. The number of carbonyl (C=O) groups is 2. The summed E-state index contributed by atoms with van der Waals surface area (Å²) in [4.78, 5) is 28.2. The van der Waals surface area contributed by atoms with Gasteiger partial charge in [0.15, 0.2) is 0 Å². The largest absolute Gasteiger partial charge is 0.495 e. The van der Waals surface area contributed by atoms with Crippen LogP contribution in [0.4, 0.5) is 10.1 Å². The molecule has 0 heterocycles. The molecule has 1 atom stereocenters. The molecule has 11 heteroatoms. The Balaban J connectivity index is 2.09. The van der Waals surface area contributed by atoms with Gasteiger partial charge in [-0.05, 0) is 71.0 Å². The summed E-state index contributed by atoms with van der Waals surface area (Å²) in [7, 11) is -2.85. The second kappa shape index (κ2) is 12.9. The van der Waals surface area contributed by atoms with Crippen LogP contribution in [0.3, 0.4) is 0 Å². The molecule has 3 aromatic carbocycles. The van der Waals surface area contributed by atoms with Crippen LogP contribution < -0.4 is 14.4 Å². The van der Waals surface area contributed by atoms with Crippen LogP contribution in [0.15, 0.2) is 71.6 Å². The van der Waals surface area contributed by atoms with Crippen LogP contribution in [-0.2, 0) is 26.2 Å². The first kappa shape index (κ1) is 31.9. The number of methoxy groups -OCH3 is 1. The van der Waals surface area contributed by atoms with Gasteiger partial charge < -0.3 is 15.0 Å². The first-order valence-corrected chi connectivity index (χ1v) is 14.7. The van der Waals surface area contributed by atoms with E-state index < -0.39 is 45.8 Å². The van der Waals surface area contributed by atoms with Gasteiger partial charge in [0.2, 0.25) is 11.8 Å². The van der Waals surface area contributed by atoms with E-state index in [0.29, 0.717) is 5.75 Å². The molecular weight excluding hydrogens is 569 g/mol. The third-order valence-electron chi connectivity index (χ3n) is 6.28. The van der Waals surface area contributed by atoms with Gasteiger partial charge in [0.1, 0.15) is 24.2 Å². The lowest BCUT2D eigenvalue weighted by molar-refractivity contribution is -0.140. The van der Waals surface area contributed by atoms with E-state index in [9.17, 15) is 22.4 Å². The molecule has 220 valence electrons. The van der Waals surface area contributed by atoms with Crippen LogP contribution in [0.2, 0.25) is 5.02 Å². The zero-order valence-electron chi connectivity index (χ0n) is 23.9. The van der Waals surface area contributed by atoms with Gasteiger partial charge in [0.05, 0.1) is 22.7 Å². The summed E-state index contributed by atoms with van der Waals surface area (Å²) >= 11 is 6.33. The Labute approximate surface area is 246 Å². The van der Waals surface area contributed by atoms with Crippen molar-refractivity contribution in [1.29, 1.82) is 0 Å². The minimum absolute atomic E-state index is 0.0398. The number of benzene rings is 3. The highest BCUT2D eigenvalue weighted by atomic mass is 35.5. The number of rotatable bonds is 10. The molecule has 0 fully saturated rings. The standard InChI is InChI=1S/C30H35ClFN3O5S/c1-20-11-14-24(15-12-20)41(38,39)35(23-13-16-27(40-6)25(31)17-23)19-28(36)34(18-22-9-7-8-10-26(22)32)21(2)29(37)33-30(3,4)5/h7-17,21H,18-19H2,1-6H3,(H,33,37). The summed E-state index contributed by atoms with van der Waals surface area (Å²) in [5.41, 5.74) is 0.548. The highest BCUT2D eigenvalue weighted by molar-refractivity contribution is 7.92. The van der Waals surface area contributed by atoms with Crippen LogP contribution in [0.25, 0.3) is 0 Å². The van der Waals surface area contributed by atoms with E-state index in [0.717, 1.165) is 9.87 Å². The van der Waals surface area contributed by atoms with Crippen LogP contribution in [0.5, 0.6) is 5.75 Å². The SMILES string of the molecule is COc1ccc(N(CC(=O)N(Cc2ccccc2F)C(C)C(=O)NC(C)(C)C)S(=O)(=O)c2ccc(C)cc2)cc1Cl. The Morgan fingerprint density at radius 3 is 2.24 bits per heavy atom. The highest BCUT2D eigenvalue weighted by Crippen LogP contribution is 2.32. The molecule has 3 aromatic rings. The molecule has 41 heavy (non-hydrogen) atoms. The average molecular weight is 604 g/mol. The van der Waals surface area contributed by atoms with Gasteiger partial charge in [0.25, 0.3) is 10.0 Å². The quantitative estimate of drug-likeness (QED) is 0.338. The Kier molecular flexibility index (Phi) is 10.0. The van der Waals surface area contributed by atoms with Gasteiger partial charge in [-0.3, -0.25) is 13.9 Å². The Morgan fingerprint density at radius 2 is 1.68 bits per heavy atom. The number of halogens is 2. The maximum Gasteiger partial charge on any atom is 0.264 e. The minimum Gasteiger partial charge on any atom is -0.495 e. The van der Waals surface area contributed by atoms with Crippen molar-refractivity contribution in [3.8, 4) is 5.75 Å². The molecule has 0 bridgehead atoms. The minimum atomic E-state index is -4.28. The number of anilines is 1. The lowest BCUT2D eigenvalue weighted by Crippen LogP contribution is -2.54. The van der Waals surface area contributed by atoms with E-state index in [1.807, 2.05) is 6.92 Å². The van der Waals surface area contributed by atoms with E-state index in [-0.39, 0.29) is 27.7 Å². The summed E-state index contributed by atoms with van der Waals surface area (Å²) in [5.74, 6) is -1.42. The monoisotopic (exact) mass is 603 g/mol. The Bertz CT molecular complexity index is 1510. The number of carbonyl (C=O) groups excluding carboxylic acids is 2. The van der Waals surface area contributed by atoms with Crippen molar-refractivity contribution >= 4 is 39.1 Å². The summed E-state index contributed by atoms with van der Waals surface area (Å²) in [6, 6.07) is 15.4. The summed E-state index contributed by atoms with van der Waals surface area (Å²) < 4.78 is 48.6.